The van der Waals surface area contributed by atoms with E-state index < -0.39 is 0 Å². The molecule has 12 aromatic carbocycles. The first-order valence-electron chi connectivity index (χ1n) is 29.3. The van der Waals surface area contributed by atoms with E-state index in [1.54, 1.807) is 0 Å². The van der Waals surface area contributed by atoms with Gasteiger partial charge in [-0.15, -0.1) is 0 Å². The molecule has 0 amide bonds. The molecular formula is C75H50N10. The van der Waals surface area contributed by atoms with Crippen molar-refractivity contribution in [3.05, 3.63) is 216 Å². The van der Waals surface area contributed by atoms with Crippen LogP contribution in [0, 0.1) is 20.8 Å². The average molecular weight is 1090 g/mol. The number of imidazole rings is 8. The van der Waals surface area contributed by atoms with Crippen molar-refractivity contribution in [1.29, 1.82) is 0 Å². The zero-order valence-corrected chi connectivity index (χ0v) is 47.4. The summed E-state index contributed by atoms with van der Waals surface area (Å²) in [5.41, 5.74) is 27.0. The first-order valence-corrected chi connectivity index (χ1v) is 29.3. The monoisotopic (exact) mass is 1090 g/mol. The van der Waals surface area contributed by atoms with E-state index in [9.17, 15) is 0 Å². The highest BCUT2D eigenvalue weighted by molar-refractivity contribution is 6.11. The zero-order valence-electron chi connectivity index (χ0n) is 47.4. The fourth-order valence-electron chi connectivity index (χ4n) is 14.7. The smallest absolute Gasteiger partial charge is 0.223 e. The van der Waals surface area contributed by atoms with Gasteiger partial charge in [0, 0.05) is 0 Å². The minimum absolute atomic E-state index is 0.0491. The Kier molecular flexibility index (Phi) is 8.30. The topological polar surface area (TPSA) is 78.0 Å². The molecule has 0 bridgehead atoms. The Morgan fingerprint density at radius 1 is 0.271 bits per heavy atom. The van der Waals surface area contributed by atoms with Crippen LogP contribution in [0.2, 0.25) is 0 Å². The van der Waals surface area contributed by atoms with Gasteiger partial charge in [-0.2, -0.15) is 0 Å². The van der Waals surface area contributed by atoms with E-state index in [0.717, 1.165) is 139 Å². The van der Waals surface area contributed by atoms with Crippen LogP contribution in [0.15, 0.2) is 194 Å². The van der Waals surface area contributed by atoms with E-state index >= 15 is 0 Å². The molecule has 10 nitrogen and oxygen atoms in total. The molecule has 0 saturated heterocycles. The van der Waals surface area contributed by atoms with E-state index in [2.05, 4.69) is 262 Å². The number of benzene rings is 12. The zero-order chi connectivity index (χ0) is 56.2. The summed E-state index contributed by atoms with van der Waals surface area (Å²) in [5.74, 6) is 3.43. The minimum Gasteiger partial charge on any atom is -0.276 e. The molecule has 0 saturated carbocycles. The Morgan fingerprint density at radius 2 is 0.588 bits per heavy atom. The second-order valence-electron chi connectivity index (χ2n) is 25.1. The van der Waals surface area contributed by atoms with Crippen molar-refractivity contribution in [3.8, 4) is 33.4 Å². The van der Waals surface area contributed by atoms with Gasteiger partial charge in [0.1, 0.15) is 11.0 Å². The van der Waals surface area contributed by atoms with Crippen molar-refractivity contribution in [1.82, 2.24) is 46.3 Å². The van der Waals surface area contributed by atoms with Crippen LogP contribution in [0.25, 0.3) is 177 Å². The molecule has 0 aliphatic rings. The maximum atomic E-state index is 5.48. The molecule has 20 aromatic rings. The standard InChI is InChI=1S/C75H50N10/c1-39-23-51(24-40(2)41(39)3)55-37-67-70-68(38-55)83-64-34-53-26-48(16-18-50(53)30-60(64)79-74(83)85(70)72-77-58-28-44-12-8-10-14-46(44)32-62(58)81(67)72)47-15-17-49-29-59-63(33-52(49)25-47)82-66-36-54(42-19-21-56(22-20-42)75(4,5)6)35-65-69(66)84(73(82)78-59)71-76-57-27-43-11-7-9-13-45(43)31-61(57)80(65)71/h7-38H,1-6H3. The minimum atomic E-state index is 0.0491. The molecule has 0 atom stereocenters. The Labute approximate surface area is 484 Å². The number of aromatic nitrogens is 10. The summed E-state index contributed by atoms with van der Waals surface area (Å²) < 4.78 is 14.0. The van der Waals surface area contributed by atoms with Gasteiger partial charge in [0.05, 0.1) is 66.2 Å². The van der Waals surface area contributed by atoms with Gasteiger partial charge in [0.2, 0.25) is 23.1 Å². The Balaban J connectivity index is 0.774. The molecule has 10 heteroatoms. The summed E-state index contributed by atoms with van der Waals surface area (Å²) in [6.07, 6.45) is 0. The van der Waals surface area contributed by atoms with Crippen LogP contribution in [0.1, 0.15) is 43.0 Å². The van der Waals surface area contributed by atoms with E-state index in [-0.39, 0.29) is 5.41 Å². The lowest BCUT2D eigenvalue weighted by atomic mass is 9.86. The molecule has 0 N–H and O–H groups in total. The number of aryl methyl sites for hydroxylation is 2. The van der Waals surface area contributed by atoms with Gasteiger partial charge in [-0.05, 0) is 210 Å². The van der Waals surface area contributed by atoms with Gasteiger partial charge >= 0.3 is 0 Å². The van der Waals surface area contributed by atoms with Gasteiger partial charge in [0.15, 0.2) is 0 Å². The van der Waals surface area contributed by atoms with Crippen LogP contribution < -0.4 is 0 Å². The van der Waals surface area contributed by atoms with Crippen LogP contribution in [-0.4, -0.2) is 46.3 Å². The third kappa shape index (κ3) is 5.97. The highest BCUT2D eigenvalue weighted by Crippen LogP contribution is 2.43. The fourth-order valence-corrected chi connectivity index (χ4v) is 14.7. The molecule has 0 fully saturated rings. The molecule has 400 valence electrons. The molecule has 0 radical (unpaired) electrons. The number of nitrogens with zero attached hydrogens (tertiary/aromatic N) is 10. The van der Waals surface area contributed by atoms with Crippen LogP contribution in [0.3, 0.4) is 0 Å². The van der Waals surface area contributed by atoms with Crippen LogP contribution in [0.4, 0.5) is 0 Å². The third-order valence-electron chi connectivity index (χ3n) is 19.2. The van der Waals surface area contributed by atoms with Gasteiger partial charge in [-0.3, -0.25) is 17.6 Å². The van der Waals surface area contributed by atoms with Crippen molar-refractivity contribution in [2.75, 3.05) is 0 Å². The van der Waals surface area contributed by atoms with Crippen molar-refractivity contribution in [2.24, 2.45) is 0 Å². The summed E-state index contributed by atoms with van der Waals surface area (Å²) in [7, 11) is 0. The number of hydrogen-bond donors (Lipinski definition) is 0. The second kappa shape index (κ2) is 15.4. The van der Waals surface area contributed by atoms with Crippen molar-refractivity contribution in [2.45, 2.75) is 47.0 Å². The van der Waals surface area contributed by atoms with E-state index in [0.29, 0.717) is 0 Å². The van der Waals surface area contributed by atoms with Crippen LogP contribution in [-0.2, 0) is 5.41 Å². The molecule has 8 heterocycles. The maximum absolute atomic E-state index is 5.48. The Morgan fingerprint density at radius 3 is 0.965 bits per heavy atom. The van der Waals surface area contributed by atoms with Gasteiger partial charge in [0.25, 0.3) is 0 Å². The summed E-state index contributed by atoms with van der Waals surface area (Å²) in [5, 5.41) is 9.32. The van der Waals surface area contributed by atoms with Crippen LogP contribution >= 0.6 is 0 Å². The molecule has 0 aliphatic heterocycles. The van der Waals surface area contributed by atoms with Gasteiger partial charge < -0.3 is 0 Å². The largest absolute Gasteiger partial charge is 0.276 e. The fraction of sp³-hybridized carbons (Fsp3) is 0.0933. The second-order valence-corrected chi connectivity index (χ2v) is 25.1. The first-order chi connectivity index (χ1) is 41.4. The SMILES string of the molecule is Cc1cc(-c2cc3c4c(c2)n2c5cc6cc(-c7ccc8cc9nc%10n(c9cc8c7)c7cc(-c8ccc(C(C)(C)C)cc8)cc8c7n%10c7nc9cc%10ccccc%10cc9n87)ccc6cc5nc2n4c2nc4cc5ccccc5cc4n32)cc(C)c1C. The van der Waals surface area contributed by atoms with Crippen molar-refractivity contribution < 1.29 is 0 Å². The van der Waals surface area contributed by atoms with Crippen molar-refractivity contribution in [3.63, 3.8) is 0 Å². The molecule has 0 aliphatic carbocycles. The summed E-state index contributed by atoms with van der Waals surface area (Å²) in [6.45, 7) is 13.5. The Bertz CT molecular complexity index is 6380. The molecule has 8 aromatic heterocycles. The van der Waals surface area contributed by atoms with E-state index in [1.165, 1.54) is 60.5 Å². The predicted molar refractivity (Wildman–Crippen MR) is 350 cm³/mol. The third-order valence-corrected chi connectivity index (χ3v) is 19.2. The van der Waals surface area contributed by atoms with Gasteiger partial charge in [-0.1, -0.05) is 130 Å². The van der Waals surface area contributed by atoms with E-state index in [4.69, 9.17) is 19.9 Å². The maximum Gasteiger partial charge on any atom is 0.223 e. The lowest BCUT2D eigenvalue weighted by molar-refractivity contribution is 0.590. The lowest BCUT2D eigenvalue weighted by Gasteiger charge is -2.19. The highest BCUT2D eigenvalue weighted by Gasteiger charge is 2.28. The molecule has 0 spiro atoms. The summed E-state index contributed by atoms with van der Waals surface area (Å²) in [4.78, 5) is 21.8. The lowest BCUT2D eigenvalue weighted by Crippen LogP contribution is -2.10. The molecule has 0 unspecified atom stereocenters. The van der Waals surface area contributed by atoms with Crippen LogP contribution in [0.5, 0.6) is 0 Å². The molecule has 85 heavy (non-hydrogen) atoms. The van der Waals surface area contributed by atoms with E-state index in [1.807, 2.05) is 0 Å². The Hall–Kier alpha value is -10.8. The number of rotatable bonds is 3. The predicted octanol–water partition coefficient (Wildman–Crippen LogP) is 18.4. The average Bonchev–Trinajstić information content (AvgIpc) is 1.54. The number of hydrogen-bond acceptors (Lipinski definition) is 4. The van der Waals surface area contributed by atoms with Crippen molar-refractivity contribution >= 4 is 143 Å². The molecular weight excluding hydrogens is 1040 g/mol. The number of fused-ring (bicyclic) bond motifs is 24. The highest BCUT2D eigenvalue weighted by atomic mass is 15.3. The normalized spacial score (nSPS) is 13.1. The van der Waals surface area contributed by atoms with Gasteiger partial charge in [-0.25, -0.2) is 28.7 Å². The molecule has 20 rings (SSSR count). The summed E-state index contributed by atoms with van der Waals surface area (Å²) >= 11 is 0. The quantitative estimate of drug-likeness (QED) is 0.177. The summed E-state index contributed by atoms with van der Waals surface area (Å²) in [6, 6.07) is 72.3. The first kappa shape index (κ1) is 45.7.